The van der Waals surface area contributed by atoms with E-state index in [4.69, 9.17) is 4.74 Å². The van der Waals surface area contributed by atoms with E-state index < -0.39 is 35.4 Å². The third-order valence-corrected chi connectivity index (χ3v) is 4.61. The molecule has 3 rings (SSSR count). The van der Waals surface area contributed by atoms with Gasteiger partial charge in [-0.15, -0.1) is 0 Å². The molecule has 0 saturated carbocycles. The molecule has 0 radical (unpaired) electrons. The fourth-order valence-electron chi connectivity index (χ4n) is 3.15. The number of nitrogens with zero attached hydrogens (tertiary/aromatic N) is 5. The highest BCUT2D eigenvalue weighted by Crippen LogP contribution is 2.41. The number of amides is 1. The van der Waals surface area contributed by atoms with Crippen LogP contribution in [0.2, 0.25) is 0 Å². The van der Waals surface area contributed by atoms with Crippen LogP contribution >= 0.6 is 0 Å². The summed E-state index contributed by atoms with van der Waals surface area (Å²) in [6.07, 6.45) is -2.05. The van der Waals surface area contributed by atoms with Crippen molar-refractivity contribution >= 4 is 11.9 Å². The summed E-state index contributed by atoms with van der Waals surface area (Å²) in [5.41, 5.74) is -3.50. The van der Waals surface area contributed by atoms with Crippen LogP contribution in [-0.4, -0.2) is 49.3 Å². The number of hydrogen-bond acceptors (Lipinski definition) is 5. The van der Waals surface area contributed by atoms with Crippen LogP contribution in [0.1, 0.15) is 51.9 Å². The number of piperidine rings is 1. The molecule has 0 N–H and O–H groups in total. The Morgan fingerprint density at radius 1 is 1.41 bits per heavy atom. The van der Waals surface area contributed by atoms with Crippen molar-refractivity contribution in [2.45, 2.75) is 51.8 Å². The number of likely N-dealkylation sites (tertiary alicyclic amines) is 1. The van der Waals surface area contributed by atoms with E-state index in [0.717, 1.165) is 16.9 Å². The zero-order valence-corrected chi connectivity index (χ0v) is 15.6. The number of aromatic nitrogens is 4. The summed E-state index contributed by atoms with van der Waals surface area (Å²) in [5.74, 6) is -0.641. The van der Waals surface area contributed by atoms with Gasteiger partial charge in [-0.1, -0.05) is 6.92 Å². The predicted molar refractivity (Wildman–Crippen MR) is 90.1 cm³/mol. The smallest absolute Gasteiger partial charge is 0.410 e. The minimum Gasteiger partial charge on any atom is -0.444 e. The molecule has 3 heterocycles. The van der Waals surface area contributed by atoms with E-state index in [1.165, 1.54) is 4.90 Å². The van der Waals surface area contributed by atoms with Gasteiger partial charge in [-0.3, -0.25) is 0 Å². The third kappa shape index (κ3) is 3.70. The third-order valence-electron chi connectivity index (χ3n) is 4.61. The number of halogens is 3. The first-order valence-corrected chi connectivity index (χ1v) is 8.67. The number of hydrogen-bond donors (Lipinski definition) is 0. The van der Waals surface area contributed by atoms with Crippen LogP contribution in [0.4, 0.5) is 18.0 Å². The topological polar surface area (TPSA) is 72.6 Å². The molecule has 2 atom stereocenters. The van der Waals surface area contributed by atoms with Gasteiger partial charge >= 0.3 is 6.09 Å². The molecular formula is C17H22F3N5O2. The fourth-order valence-corrected chi connectivity index (χ4v) is 3.15. The van der Waals surface area contributed by atoms with E-state index >= 15 is 4.39 Å². The van der Waals surface area contributed by atoms with E-state index in [1.54, 1.807) is 27.7 Å². The maximum atomic E-state index is 16.2. The lowest BCUT2D eigenvalue weighted by molar-refractivity contribution is -0.0311. The van der Waals surface area contributed by atoms with Gasteiger partial charge in [0.05, 0.1) is 12.2 Å². The first-order valence-electron chi connectivity index (χ1n) is 8.67. The van der Waals surface area contributed by atoms with Crippen molar-refractivity contribution in [2.75, 3.05) is 13.1 Å². The van der Waals surface area contributed by atoms with Crippen LogP contribution in [0.25, 0.3) is 5.78 Å². The van der Waals surface area contributed by atoms with Crippen molar-refractivity contribution in [3.63, 3.8) is 0 Å². The predicted octanol–water partition coefficient (Wildman–Crippen LogP) is 3.50. The summed E-state index contributed by atoms with van der Waals surface area (Å²) >= 11 is 0. The van der Waals surface area contributed by atoms with Crippen LogP contribution in [-0.2, 0) is 10.4 Å². The molecule has 7 nitrogen and oxygen atoms in total. The van der Waals surface area contributed by atoms with Gasteiger partial charge in [-0.25, -0.2) is 22.9 Å². The first kappa shape index (κ1) is 19.4. The normalized spacial score (nSPS) is 23.9. The highest BCUT2D eigenvalue weighted by molar-refractivity contribution is 5.68. The minimum atomic E-state index is -2.88. The summed E-state index contributed by atoms with van der Waals surface area (Å²) < 4.78 is 49.1. The summed E-state index contributed by atoms with van der Waals surface area (Å²) in [7, 11) is 0. The minimum absolute atomic E-state index is 0.0962. The zero-order chi connectivity index (χ0) is 20.0. The number of alkyl halides is 3. The second-order valence-corrected chi connectivity index (χ2v) is 7.79. The molecule has 148 valence electrons. The molecule has 2 aromatic heterocycles. The monoisotopic (exact) mass is 385 g/mol. The quantitative estimate of drug-likeness (QED) is 0.791. The molecule has 1 unspecified atom stereocenters. The Bertz CT molecular complexity index is 851. The van der Waals surface area contributed by atoms with Gasteiger partial charge in [0.2, 0.25) is 0 Å². The molecule has 10 heteroatoms. The average Bonchev–Trinajstić information content (AvgIpc) is 3.03. The average molecular weight is 385 g/mol. The molecule has 0 spiro atoms. The molecule has 2 aromatic rings. The van der Waals surface area contributed by atoms with Gasteiger partial charge in [-0.05, 0) is 39.2 Å². The van der Waals surface area contributed by atoms with E-state index in [9.17, 15) is 13.6 Å². The van der Waals surface area contributed by atoms with E-state index in [2.05, 4.69) is 15.1 Å². The van der Waals surface area contributed by atoms with Gasteiger partial charge in [0.25, 0.3) is 12.2 Å². The molecule has 1 aliphatic heterocycles. The zero-order valence-electron chi connectivity index (χ0n) is 15.6. The molecule has 0 aliphatic carbocycles. The number of fused-ring (bicyclic) bond motifs is 1. The molecule has 0 aromatic carbocycles. The van der Waals surface area contributed by atoms with E-state index in [1.807, 2.05) is 0 Å². The molecule has 1 amide bonds. The van der Waals surface area contributed by atoms with Crippen molar-refractivity contribution in [3.8, 4) is 0 Å². The molecular weight excluding hydrogens is 363 g/mol. The Morgan fingerprint density at radius 2 is 2.11 bits per heavy atom. The Morgan fingerprint density at radius 3 is 2.74 bits per heavy atom. The van der Waals surface area contributed by atoms with E-state index in [0.29, 0.717) is 13.0 Å². The highest BCUT2D eigenvalue weighted by Gasteiger charge is 2.47. The van der Waals surface area contributed by atoms with E-state index in [-0.39, 0.29) is 18.0 Å². The maximum absolute atomic E-state index is 16.2. The van der Waals surface area contributed by atoms with Crippen molar-refractivity contribution in [2.24, 2.45) is 5.92 Å². The number of carbonyl (C=O) groups excluding carboxylic acids is 1. The number of carbonyl (C=O) groups is 1. The molecule has 27 heavy (non-hydrogen) atoms. The molecule has 1 fully saturated rings. The lowest BCUT2D eigenvalue weighted by Crippen LogP contribution is -2.52. The standard InChI is InChI=1S/C17H22F3N5O2/c1-10-5-6-24(15(26)27-16(2,3)4)8-17(10,20)12-7-11(13(18)19)23-14-21-9-22-25(12)14/h7,9-10,13H,5-6,8H2,1-4H3/t10?,17-/m0/s1. The van der Waals surface area contributed by atoms with Crippen LogP contribution in [0.3, 0.4) is 0 Å². The van der Waals surface area contributed by atoms with Crippen LogP contribution < -0.4 is 0 Å². The van der Waals surface area contributed by atoms with Gasteiger partial charge in [0.15, 0.2) is 5.67 Å². The van der Waals surface area contributed by atoms with Crippen LogP contribution in [0.15, 0.2) is 12.4 Å². The number of ether oxygens (including phenoxy) is 1. The summed E-state index contributed by atoms with van der Waals surface area (Å²) in [6.45, 7) is 6.82. The second kappa shape index (κ2) is 6.65. The van der Waals surface area contributed by atoms with Gasteiger partial charge in [0, 0.05) is 6.54 Å². The van der Waals surface area contributed by atoms with Gasteiger partial charge in [-0.2, -0.15) is 14.6 Å². The lowest BCUT2D eigenvalue weighted by atomic mass is 9.81. The Kier molecular flexibility index (Phi) is 4.77. The largest absolute Gasteiger partial charge is 0.444 e. The Labute approximate surface area is 154 Å². The van der Waals surface area contributed by atoms with Crippen molar-refractivity contribution in [1.82, 2.24) is 24.5 Å². The summed E-state index contributed by atoms with van der Waals surface area (Å²) in [4.78, 5) is 21.2. The molecule has 1 saturated heterocycles. The van der Waals surface area contributed by atoms with Gasteiger partial charge in [0.1, 0.15) is 17.6 Å². The fraction of sp³-hybridized carbons (Fsp3) is 0.647. The summed E-state index contributed by atoms with van der Waals surface area (Å²) in [5, 5.41) is 3.93. The molecule has 1 aliphatic rings. The lowest BCUT2D eigenvalue weighted by Gasteiger charge is -2.42. The van der Waals surface area contributed by atoms with Crippen LogP contribution in [0.5, 0.6) is 0 Å². The van der Waals surface area contributed by atoms with Gasteiger partial charge < -0.3 is 9.64 Å². The van der Waals surface area contributed by atoms with Crippen LogP contribution in [0, 0.1) is 5.92 Å². The highest BCUT2D eigenvalue weighted by atomic mass is 19.3. The molecule has 0 bridgehead atoms. The number of rotatable bonds is 2. The van der Waals surface area contributed by atoms with Crippen molar-refractivity contribution in [1.29, 1.82) is 0 Å². The maximum Gasteiger partial charge on any atom is 0.410 e. The summed E-state index contributed by atoms with van der Waals surface area (Å²) in [6, 6.07) is 1.00. The first-order chi connectivity index (χ1) is 12.5. The Balaban J connectivity index is 2.02. The second-order valence-electron chi connectivity index (χ2n) is 7.79. The Hall–Kier alpha value is -2.39. The van der Waals surface area contributed by atoms with Crippen molar-refractivity contribution in [3.05, 3.63) is 23.8 Å². The SMILES string of the molecule is CC1CCN(C(=O)OC(C)(C)C)C[C@@]1(F)c1cc(C(F)F)nc2ncnn12. The van der Waals surface area contributed by atoms with Crippen molar-refractivity contribution < 1.29 is 22.7 Å².